The van der Waals surface area contributed by atoms with E-state index in [-0.39, 0.29) is 5.56 Å². The van der Waals surface area contributed by atoms with Crippen molar-refractivity contribution in [3.63, 3.8) is 0 Å². The molecular formula is C22H17ClO3. The Morgan fingerprint density at radius 1 is 0.769 bits per heavy atom. The second-order valence-electron chi connectivity index (χ2n) is 5.87. The van der Waals surface area contributed by atoms with Crippen LogP contribution >= 0.6 is 11.6 Å². The van der Waals surface area contributed by atoms with Crippen LogP contribution in [0.15, 0.2) is 78.9 Å². The minimum atomic E-state index is -2.92. The van der Waals surface area contributed by atoms with Crippen molar-refractivity contribution in [1.82, 2.24) is 0 Å². The van der Waals surface area contributed by atoms with Crippen LogP contribution in [0, 0.1) is 0 Å². The number of Topliss-reactive ketones (excluding diaryl/α,β-unsaturated/α-hetero) is 1. The van der Waals surface area contributed by atoms with Crippen LogP contribution in [0.2, 0.25) is 0 Å². The first-order chi connectivity index (χ1) is 12.4. The molecule has 3 aromatic carbocycles. The van der Waals surface area contributed by atoms with Gasteiger partial charge in [0.1, 0.15) is 0 Å². The SMILES string of the molecule is O=C(c1ccc(=Cc2ccccc2)c(=Cc2ccccc2)c1)C(O)(O)Cl. The van der Waals surface area contributed by atoms with Crippen LogP contribution in [-0.2, 0) is 0 Å². The molecule has 0 fully saturated rings. The predicted molar refractivity (Wildman–Crippen MR) is 103 cm³/mol. The number of hydrogen-bond acceptors (Lipinski definition) is 3. The van der Waals surface area contributed by atoms with E-state index in [1.165, 1.54) is 6.07 Å². The fourth-order valence-electron chi connectivity index (χ4n) is 2.61. The highest BCUT2D eigenvalue weighted by molar-refractivity contribution is 6.35. The Labute approximate surface area is 156 Å². The number of benzene rings is 3. The molecule has 0 bridgehead atoms. The molecule has 0 aliphatic rings. The third kappa shape index (κ3) is 4.46. The highest BCUT2D eigenvalue weighted by atomic mass is 35.5. The zero-order chi connectivity index (χ0) is 18.6. The van der Waals surface area contributed by atoms with Crippen LogP contribution in [0.3, 0.4) is 0 Å². The monoisotopic (exact) mass is 364 g/mol. The van der Waals surface area contributed by atoms with Gasteiger partial charge in [-0.3, -0.25) is 4.79 Å². The summed E-state index contributed by atoms with van der Waals surface area (Å²) >= 11 is 5.34. The maximum atomic E-state index is 12.1. The average molecular weight is 365 g/mol. The fourth-order valence-corrected chi connectivity index (χ4v) is 2.72. The minimum Gasteiger partial charge on any atom is -0.347 e. The molecule has 0 aliphatic heterocycles. The largest absolute Gasteiger partial charge is 0.347 e. The normalized spacial score (nSPS) is 13.0. The second-order valence-corrected chi connectivity index (χ2v) is 6.40. The Hall–Kier alpha value is -2.72. The van der Waals surface area contributed by atoms with Crippen LogP contribution in [0.25, 0.3) is 12.2 Å². The zero-order valence-electron chi connectivity index (χ0n) is 13.8. The molecule has 130 valence electrons. The number of carbonyl (C=O) groups excluding carboxylic acids is 1. The Kier molecular flexibility index (Phi) is 5.33. The third-order valence-electron chi connectivity index (χ3n) is 3.88. The van der Waals surface area contributed by atoms with Crippen molar-refractivity contribution in [3.8, 4) is 0 Å². The minimum absolute atomic E-state index is 0.123. The van der Waals surface area contributed by atoms with Gasteiger partial charge in [0.2, 0.25) is 5.78 Å². The maximum absolute atomic E-state index is 12.1. The molecule has 3 rings (SSSR count). The van der Waals surface area contributed by atoms with Crippen molar-refractivity contribution in [3.05, 3.63) is 106 Å². The summed E-state index contributed by atoms with van der Waals surface area (Å²) in [5, 5.41) is 17.5. The van der Waals surface area contributed by atoms with Crippen LogP contribution < -0.4 is 10.4 Å². The van der Waals surface area contributed by atoms with Crippen molar-refractivity contribution >= 4 is 29.5 Å². The van der Waals surface area contributed by atoms with E-state index in [0.717, 1.165) is 21.6 Å². The third-order valence-corrected chi connectivity index (χ3v) is 4.05. The molecule has 26 heavy (non-hydrogen) atoms. The van der Waals surface area contributed by atoms with E-state index in [1.54, 1.807) is 12.1 Å². The molecule has 0 amide bonds. The Bertz CT molecular complexity index is 1020. The van der Waals surface area contributed by atoms with Gasteiger partial charge < -0.3 is 10.2 Å². The molecule has 2 N–H and O–H groups in total. The van der Waals surface area contributed by atoms with Crippen LogP contribution in [0.4, 0.5) is 0 Å². The quantitative estimate of drug-likeness (QED) is 0.424. The van der Waals surface area contributed by atoms with E-state index < -0.39 is 11.0 Å². The van der Waals surface area contributed by atoms with Gasteiger partial charge in [0.05, 0.1) is 0 Å². The standard InChI is InChI=1S/C22H17ClO3/c23-22(25,26)21(24)19-12-11-18(13-16-7-3-1-4-8-16)20(15-19)14-17-9-5-2-6-10-17/h1-15,25-26H. The van der Waals surface area contributed by atoms with E-state index >= 15 is 0 Å². The smallest absolute Gasteiger partial charge is 0.310 e. The number of halogens is 1. The fraction of sp³-hybridized carbons (Fsp3) is 0.0455. The molecular weight excluding hydrogens is 348 g/mol. The first-order valence-electron chi connectivity index (χ1n) is 8.05. The van der Waals surface area contributed by atoms with Crippen molar-refractivity contribution in [2.75, 3.05) is 0 Å². The molecule has 0 unspecified atom stereocenters. The highest BCUT2D eigenvalue weighted by Crippen LogP contribution is 2.13. The summed E-state index contributed by atoms with van der Waals surface area (Å²) in [5.74, 6) is -0.965. The lowest BCUT2D eigenvalue weighted by molar-refractivity contribution is -0.0544. The van der Waals surface area contributed by atoms with E-state index in [2.05, 4.69) is 0 Å². The van der Waals surface area contributed by atoms with Crippen molar-refractivity contribution < 1.29 is 15.0 Å². The van der Waals surface area contributed by atoms with Gasteiger partial charge in [-0.15, -0.1) is 0 Å². The van der Waals surface area contributed by atoms with Gasteiger partial charge in [0, 0.05) is 5.56 Å². The van der Waals surface area contributed by atoms with Crippen molar-refractivity contribution in [2.45, 2.75) is 5.25 Å². The van der Waals surface area contributed by atoms with Gasteiger partial charge in [0.25, 0.3) is 0 Å². The maximum Gasteiger partial charge on any atom is 0.310 e. The molecule has 0 heterocycles. The molecule has 0 radical (unpaired) electrons. The summed E-state index contributed by atoms with van der Waals surface area (Å²) in [6.45, 7) is 0. The van der Waals surface area contributed by atoms with Gasteiger partial charge in [-0.25, -0.2) is 0 Å². The van der Waals surface area contributed by atoms with Crippen LogP contribution in [0.1, 0.15) is 21.5 Å². The summed E-state index contributed by atoms with van der Waals surface area (Å²) in [7, 11) is 0. The molecule has 0 aliphatic carbocycles. The Morgan fingerprint density at radius 2 is 1.27 bits per heavy atom. The molecule has 0 atom stereocenters. The number of aliphatic hydroxyl groups is 2. The number of ketones is 1. The summed E-state index contributed by atoms with van der Waals surface area (Å²) in [6.07, 6.45) is 3.92. The predicted octanol–water partition coefficient (Wildman–Crippen LogP) is 2.40. The van der Waals surface area contributed by atoms with Crippen molar-refractivity contribution in [1.29, 1.82) is 0 Å². The summed E-state index contributed by atoms with van der Waals surface area (Å²) in [5.41, 5.74) is 2.10. The molecule has 4 heteroatoms. The van der Waals surface area contributed by atoms with Gasteiger partial charge in [-0.1, -0.05) is 72.8 Å². The lowest BCUT2D eigenvalue weighted by Crippen LogP contribution is -2.34. The van der Waals surface area contributed by atoms with E-state index in [1.807, 2.05) is 72.8 Å². The van der Waals surface area contributed by atoms with Crippen LogP contribution in [0.5, 0.6) is 0 Å². The second kappa shape index (κ2) is 7.67. The Morgan fingerprint density at radius 3 is 1.77 bits per heavy atom. The Balaban J connectivity index is 2.21. The van der Waals surface area contributed by atoms with E-state index in [9.17, 15) is 15.0 Å². The first kappa shape index (κ1) is 18.1. The summed E-state index contributed by atoms with van der Waals surface area (Å²) < 4.78 is 0. The molecule has 3 nitrogen and oxygen atoms in total. The number of hydrogen-bond donors (Lipinski definition) is 2. The zero-order valence-corrected chi connectivity index (χ0v) is 14.6. The van der Waals surface area contributed by atoms with Gasteiger partial charge in [-0.05, 0) is 51.4 Å². The lowest BCUT2D eigenvalue weighted by Gasteiger charge is -2.11. The van der Waals surface area contributed by atoms with Gasteiger partial charge >= 0.3 is 5.25 Å². The lowest BCUT2D eigenvalue weighted by atomic mass is 10.0. The topological polar surface area (TPSA) is 57.5 Å². The highest BCUT2D eigenvalue weighted by Gasteiger charge is 2.31. The number of rotatable bonds is 4. The van der Waals surface area contributed by atoms with Crippen LogP contribution in [-0.4, -0.2) is 21.2 Å². The molecule has 0 saturated carbocycles. The summed E-state index contributed by atoms with van der Waals surface area (Å²) in [6, 6.07) is 24.4. The molecule has 0 spiro atoms. The van der Waals surface area contributed by atoms with E-state index in [0.29, 0.717) is 0 Å². The number of carbonyl (C=O) groups is 1. The molecule has 3 aromatic rings. The summed E-state index contributed by atoms with van der Waals surface area (Å²) in [4.78, 5) is 12.1. The van der Waals surface area contributed by atoms with E-state index in [4.69, 9.17) is 11.6 Å². The van der Waals surface area contributed by atoms with Gasteiger partial charge in [0.15, 0.2) is 0 Å². The number of alkyl halides is 1. The van der Waals surface area contributed by atoms with Crippen molar-refractivity contribution in [2.24, 2.45) is 0 Å². The molecule has 0 aromatic heterocycles. The molecule has 0 saturated heterocycles. The first-order valence-corrected chi connectivity index (χ1v) is 8.43. The van der Waals surface area contributed by atoms with Gasteiger partial charge in [-0.2, -0.15) is 0 Å². The average Bonchev–Trinajstić information content (AvgIpc) is 2.63.